The van der Waals surface area contributed by atoms with Gasteiger partial charge in [-0.05, 0) is 11.8 Å². The molecule has 0 aromatic carbocycles. The van der Waals surface area contributed by atoms with Gasteiger partial charge < -0.3 is 0 Å². The third kappa shape index (κ3) is 1.29. The first-order valence-corrected chi connectivity index (χ1v) is 3.41. The van der Waals surface area contributed by atoms with Crippen molar-refractivity contribution in [3.8, 4) is 0 Å². The minimum atomic E-state index is 0.00694. The lowest BCUT2D eigenvalue weighted by Gasteiger charge is -2.02. The lowest BCUT2D eigenvalue weighted by Crippen LogP contribution is -2.25. The topological polar surface area (TPSA) is 38.3 Å². The van der Waals surface area contributed by atoms with Gasteiger partial charge in [0.2, 0.25) is 5.91 Å². The molecule has 1 rings (SSSR count). The molecule has 0 aromatic heterocycles. The Morgan fingerprint density at radius 3 is 2.50 bits per heavy atom. The van der Waals surface area contributed by atoms with E-state index in [0.717, 1.165) is 6.42 Å². The molecule has 1 saturated carbocycles. The average molecular weight is 143 g/mol. The molecule has 1 fully saturated rings. The zero-order valence-corrected chi connectivity index (χ0v) is 6.60. The Bertz CT molecular complexity index is 154. The van der Waals surface area contributed by atoms with Gasteiger partial charge in [0.05, 0.1) is 7.11 Å². The van der Waals surface area contributed by atoms with E-state index in [9.17, 15) is 4.79 Å². The van der Waals surface area contributed by atoms with Crippen LogP contribution in [-0.4, -0.2) is 13.0 Å². The average Bonchev–Trinajstić information content (AvgIpc) is 2.41. The van der Waals surface area contributed by atoms with Crippen LogP contribution in [0.15, 0.2) is 0 Å². The largest absolute Gasteiger partial charge is 0.277 e. The number of hydroxylamine groups is 1. The maximum Gasteiger partial charge on any atom is 0.247 e. The second kappa shape index (κ2) is 2.23. The predicted molar refractivity (Wildman–Crippen MR) is 37.0 cm³/mol. The van der Waals surface area contributed by atoms with Crippen molar-refractivity contribution in [2.45, 2.75) is 20.3 Å². The second-order valence-electron chi connectivity index (χ2n) is 3.42. The van der Waals surface area contributed by atoms with Crippen LogP contribution in [0.4, 0.5) is 0 Å². The van der Waals surface area contributed by atoms with Crippen molar-refractivity contribution in [2.24, 2.45) is 11.3 Å². The first-order valence-electron chi connectivity index (χ1n) is 3.41. The van der Waals surface area contributed by atoms with E-state index in [1.54, 1.807) is 0 Å². The van der Waals surface area contributed by atoms with Gasteiger partial charge in [-0.2, -0.15) is 0 Å². The quantitative estimate of drug-likeness (QED) is 0.578. The molecule has 58 valence electrons. The normalized spacial score (nSPS) is 27.7. The Balaban J connectivity index is 2.33. The molecule has 1 N–H and O–H groups in total. The molecule has 0 spiro atoms. The number of carbonyl (C=O) groups is 1. The van der Waals surface area contributed by atoms with E-state index < -0.39 is 0 Å². The van der Waals surface area contributed by atoms with E-state index in [4.69, 9.17) is 0 Å². The lowest BCUT2D eigenvalue weighted by atomic mass is 10.1. The highest BCUT2D eigenvalue weighted by atomic mass is 16.6. The maximum absolute atomic E-state index is 11.0. The third-order valence-corrected chi connectivity index (χ3v) is 2.03. The summed E-state index contributed by atoms with van der Waals surface area (Å²) in [6, 6.07) is 0. The molecule has 0 saturated heterocycles. The first-order chi connectivity index (χ1) is 4.58. The van der Waals surface area contributed by atoms with Crippen molar-refractivity contribution < 1.29 is 9.63 Å². The Kier molecular flexibility index (Phi) is 1.68. The molecule has 1 amide bonds. The van der Waals surface area contributed by atoms with Gasteiger partial charge in [-0.15, -0.1) is 0 Å². The highest BCUT2D eigenvalue weighted by Crippen LogP contribution is 2.51. The van der Waals surface area contributed by atoms with E-state index in [-0.39, 0.29) is 17.2 Å². The minimum absolute atomic E-state index is 0.00694. The Morgan fingerprint density at radius 1 is 1.70 bits per heavy atom. The number of hydrogen-bond donors (Lipinski definition) is 1. The molecule has 0 bridgehead atoms. The van der Waals surface area contributed by atoms with Crippen LogP contribution in [0.1, 0.15) is 20.3 Å². The van der Waals surface area contributed by atoms with Gasteiger partial charge in [0.25, 0.3) is 0 Å². The van der Waals surface area contributed by atoms with Gasteiger partial charge in [-0.1, -0.05) is 13.8 Å². The minimum Gasteiger partial charge on any atom is -0.277 e. The molecule has 1 unspecified atom stereocenters. The van der Waals surface area contributed by atoms with Gasteiger partial charge in [-0.25, -0.2) is 5.48 Å². The van der Waals surface area contributed by atoms with Crippen LogP contribution in [0.25, 0.3) is 0 Å². The number of rotatable bonds is 2. The van der Waals surface area contributed by atoms with Gasteiger partial charge in [-0.3, -0.25) is 9.63 Å². The van der Waals surface area contributed by atoms with E-state index in [1.807, 2.05) is 0 Å². The standard InChI is InChI=1S/C7H13NO2/c1-7(2)4-5(7)6(9)8-10-3/h5H,4H2,1-3H3,(H,8,9). The molecular formula is C7H13NO2. The number of amides is 1. The Morgan fingerprint density at radius 2 is 2.20 bits per heavy atom. The third-order valence-electron chi connectivity index (χ3n) is 2.03. The fourth-order valence-corrected chi connectivity index (χ4v) is 1.09. The van der Waals surface area contributed by atoms with Crippen LogP contribution >= 0.6 is 0 Å². The van der Waals surface area contributed by atoms with Crippen LogP contribution in [0.2, 0.25) is 0 Å². The second-order valence-corrected chi connectivity index (χ2v) is 3.42. The van der Waals surface area contributed by atoms with Crippen molar-refractivity contribution in [1.82, 2.24) is 5.48 Å². The zero-order chi connectivity index (χ0) is 7.78. The summed E-state index contributed by atoms with van der Waals surface area (Å²) < 4.78 is 0. The summed E-state index contributed by atoms with van der Waals surface area (Å²) in [5.41, 5.74) is 2.52. The molecule has 0 heterocycles. The van der Waals surface area contributed by atoms with Gasteiger partial charge in [0.15, 0.2) is 0 Å². The lowest BCUT2D eigenvalue weighted by molar-refractivity contribution is -0.133. The van der Waals surface area contributed by atoms with E-state index in [0.29, 0.717) is 0 Å². The summed E-state index contributed by atoms with van der Waals surface area (Å²) >= 11 is 0. The molecular weight excluding hydrogens is 130 g/mol. The van der Waals surface area contributed by atoms with Crippen molar-refractivity contribution >= 4 is 5.91 Å². The van der Waals surface area contributed by atoms with Crippen LogP contribution in [0.3, 0.4) is 0 Å². The molecule has 1 aliphatic rings. The van der Waals surface area contributed by atoms with Crippen LogP contribution in [0.5, 0.6) is 0 Å². The molecule has 0 aliphatic heterocycles. The van der Waals surface area contributed by atoms with Gasteiger partial charge in [0, 0.05) is 5.92 Å². The molecule has 3 heteroatoms. The highest BCUT2D eigenvalue weighted by Gasteiger charge is 2.50. The fraction of sp³-hybridized carbons (Fsp3) is 0.857. The van der Waals surface area contributed by atoms with Crippen LogP contribution in [0, 0.1) is 11.3 Å². The summed E-state index contributed by atoms with van der Waals surface area (Å²) in [5.74, 6) is 0.167. The Hall–Kier alpha value is -0.570. The smallest absolute Gasteiger partial charge is 0.247 e. The number of carbonyl (C=O) groups excluding carboxylic acids is 1. The van der Waals surface area contributed by atoms with Gasteiger partial charge in [0.1, 0.15) is 0 Å². The number of nitrogens with one attached hydrogen (secondary N) is 1. The van der Waals surface area contributed by atoms with Crippen LogP contribution in [-0.2, 0) is 9.63 Å². The monoisotopic (exact) mass is 143 g/mol. The van der Waals surface area contributed by atoms with Crippen LogP contribution < -0.4 is 5.48 Å². The Labute approximate surface area is 60.7 Å². The SMILES string of the molecule is CONC(=O)C1CC1(C)C. The molecule has 0 aromatic rings. The van der Waals surface area contributed by atoms with Gasteiger partial charge >= 0.3 is 0 Å². The molecule has 3 nitrogen and oxygen atoms in total. The summed E-state index contributed by atoms with van der Waals surface area (Å²) in [6.45, 7) is 4.15. The highest BCUT2D eigenvalue weighted by molar-refractivity contribution is 5.81. The van der Waals surface area contributed by atoms with Crippen molar-refractivity contribution in [2.75, 3.05) is 7.11 Å². The molecule has 10 heavy (non-hydrogen) atoms. The first kappa shape index (κ1) is 7.54. The summed E-state index contributed by atoms with van der Waals surface area (Å²) in [7, 11) is 1.45. The zero-order valence-electron chi connectivity index (χ0n) is 6.60. The van der Waals surface area contributed by atoms with E-state index in [2.05, 4.69) is 24.2 Å². The van der Waals surface area contributed by atoms with Crippen molar-refractivity contribution in [1.29, 1.82) is 0 Å². The maximum atomic E-state index is 11.0. The molecule has 1 atom stereocenters. The summed E-state index contributed by atoms with van der Waals surface area (Å²) in [6.07, 6.45) is 0.974. The summed E-state index contributed by atoms with van der Waals surface area (Å²) in [4.78, 5) is 15.5. The molecule has 1 aliphatic carbocycles. The van der Waals surface area contributed by atoms with E-state index in [1.165, 1.54) is 7.11 Å². The molecule has 0 radical (unpaired) electrons. The summed E-state index contributed by atoms with van der Waals surface area (Å²) in [5, 5.41) is 0. The predicted octanol–water partition coefficient (Wildman–Crippen LogP) is 0.710. The van der Waals surface area contributed by atoms with E-state index >= 15 is 0 Å². The number of hydrogen-bond acceptors (Lipinski definition) is 2. The van der Waals surface area contributed by atoms with Crippen molar-refractivity contribution in [3.05, 3.63) is 0 Å². The van der Waals surface area contributed by atoms with Crippen molar-refractivity contribution in [3.63, 3.8) is 0 Å². The fourth-order valence-electron chi connectivity index (χ4n) is 1.09.